The van der Waals surface area contributed by atoms with Crippen molar-refractivity contribution in [3.8, 4) is 0 Å². The average Bonchev–Trinajstić information content (AvgIpc) is 2.72. The number of nitrogens with zero attached hydrogens (tertiary/aromatic N) is 2. The van der Waals surface area contributed by atoms with Crippen LogP contribution >= 0.6 is 23.1 Å². The fourth-order valence-electron chi connectivity index (χ4n) is 1.38. The van der Waals surface area contributed by atoms with Crippen LogP contribution in [0.1, 0.15) is 9.75 Å². The summed E-state index contributed by atoms with van der Waals surface area (Å²) in [5.41, 5.74) is 5.71. The van der Waals surface area contributed by atoms with Gasteiger partial charge in [0.2, 0.25) is 0 Å². The number of thioether (sulfide) groups is 1. The number of hydrogen-bond acceptors (Lipinski definition) is 6. The molecule has 4 nitrogen and oxygen atoms in total. The van der Waals surface area contributed by atoms with Crippen LogP contribution in [0.2, 0.25) is 0 Å². The zero-order valence-corrected chi connectivity index (χ0v) is 11.4. The summed E-state index contributed by atoms with van der Waals surface area (Å²) in [6, 6.07) is 5.98. The van der Waals surface area contributed by atoms with Gasteiger partial charge in [-0.1, -0.05) is 11.8 Å². The Bertz CT molecular complexity index is 510. The monoisotopic (exact) mass is 266 g/mol. The lowest BCUT2D eigenvalue weighted by molar-refractivity contribution is 0.967. The molecular weight excluding hydrogens is 252 g/mol. The van der Waals surface area contributed by atoms with Crippen molar-refractivity contribution in [2.75, 3.05) is 17.3 Å². The molecule has 2 heterocycles. The van der Waals surface area contributed by atoms with Crippen molar-refractivity contribution >= 4 is 34.7 Å². The minimum absolute atomic E-state index is 0.495. The minimum atomic E-state index is 0.495. The molecular formula is C11H14N4S2. The number of aryl methyl sites for hydroxylation is 1. The van der Waals surface area contributed by atoms with Crippen molar-refractivity contribution in [3.05, 3.63) is 28.0 Å². The van der Waals surface area contributed by atoms with Gasteiger partial charge in [0.15, 0.2) is 5.16 Å². The van der Waals surface area contributed by atoms with Gasteiger partial charge in [0.05, 0.1) is 6.54 Å². The Morgan fingerprint density at radius 2 is 2.24 bits per heavy atom. The van der Waals surface area contributed by atoms with Crippen LogP contribution in [-0.4, -0.2) is 16.2 Å². The lowest BCUT2D eigenvalue weighted by Gasteiger charge is -2.06. The van der Waals surface area contributed by atoms with E-state index in [2.05, 4.69) is 34.3 Å². The number of thiophene rings is 1. The summed E-state index contributed by atoms with van der Waals surface area (Å²) < 4.78 is 0. The summed E-state index contributed by atoms with van der Waals surface area (Å²) >= 11 is 3.26. The third-order valence-electron chi connectivity index (χ3n) is 2.15. The van der Waals surface area contributed by atoms with E-state index in [1.54, 1.807) is 17.4 Å². The number of aromatic nitrogens is 2. The molecule has 0 aliphatic carbocycles. The molecule has 0 amide bonds. The predicted molar refractivity (Wildman–Crippen MR) is 74.6 cm³/mol. The summed E-state index contributed by atoms with van der Waals surface area (Å²) in [5, 5.41) is 3.95. The van der Waals surface area contributed by atoms with Crippen LogP contribution in [0.15, 0.2) is 23.4 Å². The van der Waals surface area contributed by atoms with E-state index in [0.717, 1.165) is 12.4 Å². The van der Waals surface area contributed by atoms with Crippen LogP contribution in [-0.2, 0) is 6.54 Å². The molecule has 2 rings (SSSR count). The van der Waals surface area contributed by atoms with E-state index in [-0.39, 0.29) is 0 Å². The van der Waals surface area contributed by atoms with E-state index < -0.39 is 0 Å². The van der Waals surface area contributed by atoms with Crippen LogP contribution in [0.25, 0.3) is 0 Å². The third-order valence-corrected chi connectivity index (χ3v) is 3.70. The highest BCUT2D eigenvalue weighted by molar-refractivity contribution is 7.98. The highest BCUT2D eigenvalue weighted by atomic mass is 32.2. The smallest absolute Gasteiger partial charge is 0.191 e. The van der Waals surface area contributed by atoms with Gasteiger partial charge in [-0.15, -0.1) is 11.3 Å². The molecule has 2 aromatic rings. The Hall–Kier alpha value is -1.27. The van der Waals surface area contributed by atoms with Gasteiger partial charge in [-0.05, 0) is 25.3 Å². The van der Waals surface area contributed by atoms with Gasteiger partial charge >= 0.3 is 0 Å². The molecule has 0 radical (unpaired) electrons. The maximum Gasteiger partial charge on any atom is 0.191 e. The van der Waals surface area contributed by atoms with Gasteiger partial charge in [-0.3, -0.25) is 0 Å². The second kappa shape index (κ2) is 5.37. The summed E-state index contributed by atoms with van der Waals surface area (Å²) in [5.74, 6) is 1.27. The maximum absolute atomic E-state index is 5.71. The van der Waals surface area contributed by atoms with E-state index in [0.29, 0.717) is 11.0 Å². The van der Waals surface area contributed by atoms with Gasteiger partial charge in [-0.2, -0.15) is 0 Å². The van der Waals surface area contributed by atoms with Gasteiger partial charge in [0.25, 0.3) is 0 Å². The Balaban J connectivity index is 2.05. The molecule has 0 fully saturated rings. The fraction of sp³-hybridized carbons (Fsp3) is 0.273. The quantitative estimate of drug-likeness (QED) is 0.658. The number of nitrogens with one attached hydrogen (secondary N) is 1. The standard InChI is InChI=1S/C11H14N4S2/c1-7-3-4-8(17-7)6-13-10-5-9(12)14-11(15-10)16-2/h3-5H,6H2,1-2H3,(H3,12,13,14,15). The first-order valence-electron chi connectivity index (χ1n) is 5.15. The Morgan fingerprint density at radius 3 is 2.88 bits per heavy atom. The molecule has 0 aromatic carbocycles. The van der Waals surface area contributed by atoms with Crippen molar-refractivity contribution in [2.24, 2.45) is 0 Å². The molecule has 0 unspecified atom stereocenters. The molecule has 90 valence electrons. The van der Waals surface area contributed by atoms with Crippen molar-refractivity contribution in [3.63, 3.8) is 0 Å². The highest BCUT2D eigenvalue weighted by Gasteiger charge is 2.02. The van der Waals surface area contributed by atoms with Gasteiger partial charge in [0, 0.05) is 15.8 Å². The van der Waals surface area contributed by atoms with E-state index in [4.69, 9.17) is 5.73 Å². The maximum atomic E-state index is 5.71. The average molecular weight is 266 g/mol. The van der Waals surface area contributed by atoms with Crippen molar-refractivity contribution in [1.82, 2.24) is 9.97 Å². The summed E-state index contributed by atoms with van der Waals surface area (Å²) in [6.07, 6.45) is 1.93. The Morgan fingerprint density at radius 1 is 1.41 bits per heavy atom. The number of anilines is 2. The SMILES string of the molecule is CSc1nc(N)cc(NCc2ccc(C)s2)n1. The summed E-state index contributed by atoms with van der Waals surface area (Å²) in [6.45, 7) is 2.87. The molecule has 3 N–H and O–H groups in total. The number of nitrogen functional groups attached to an aromatic ring is 1. The molecule has 0 bridgehead atoms. The lowest BCUT2D eigenvalue weighted by atomic mass is 10.4. The van der Waals surface area contributed by atoms with E-state index >= 15 is 0 Å². The van der Waals surface area contributed by atoms with Crippen molar-refractivity contribution in [2.45, 2.75) is 18.6 Å². The van der Waals surface area contributed by atoms with Crippen LogP contribution < -0.4 is 11.1 Å². The van der Waals surface area contributed by atoms with Gasteiger partial charge < -0.3 is 11.1 Å². The number of rotatable bonds is 4. The largest absolute Gasteiger partial charge is 0.383 e. The van der Waals surface area contributed by atoms with Crippen LogP contribution in [0, 0.1) is 6.92 Å². The lowest BCUT2D eigenvalue weighted by Crippen LogP contribution is -2.03. The summed E-state index contributed by atoms with van der Waals surface area (Å²) in [7, 11) is 0. The molecule has 0 atom stereocenters. The van der Waals surface area contributed by atoms with Gasteiger partial charge in [0.1, 0.15) is 11.6 Å². The first-order chi connectivity index (χ1) is 8.17. The third kappa shape index (κ3) is 3.34. The van der Waals surface area contributed by atoms with Crippen molar-refractivity contribution < 1.29 is 0 Å². The predicted octanol–water partition coefficient (Wildman–Crippen LogP) is 2.76. The zero-order valence-electron chi connectivity index (χ0n) is 9.73. The molecule has 17 heavy (non-hydrogen) atoms. The highest BCUT2D eigenvalue weighted by Crippen LogP contribution is 2.18. The molecule has 0 saturated carbocycles. The molecule has 0 aliphatic heterocycles. The van der Waals surface area contributed by atoms with E-state index in [1.807, 2.05) is 6.26 Å². The molecule has 6 heteroatoms. The Labute approximate surface area is 109 Å². The van der Waals surface area contributed by atoms with Gasteiger partial charge in [-0.25, -0.2) is 9.97 Å². The van der Waals surface area contributed by atoms with Crippen LogP contribution in [0.4, 0.5) is 11.6 Å². The molecule has 0 spiro atoms. The van der Waals surface area contributed by atoms with Crippen LogP contribution in [0.3, 0.4) is 0 Å². The molecule has 0 aliphatic rings. The second-order valence-corrected chi connectivity index (χ2v) is 5.68. The first-order valence-corrected chi connectivity index (χ1v) is 7.19. The zero-order chi connectivity index (χ0) is 12.3. The topological polar surface area (TPSA) is 63.8 Å². The molecule has 2 aromatic heterocycles. The first kappa shape index (κ1) is 12.2. The second-order valence-electron chi connectivity index (χ2n) is 3.53. The van der Waals surface area contributed by atoms with E-state index in [9.17, 15) is 0 Å². The number of hydrogen-bond donors (Lipinski definition) is 2. The van der Waals surface area contributed by atoms with Crippen molar-refractivity contribution in [1.29, 1.82) is 0 Å². The van der Waals surface area contributed by atoms with E-state index in [1.165, 1.54) is 21.5 Å². The minimum Gasteiger partial charge on any atom is -0.383 e. The summed E-state index contributed by atoms with van der Waals surface area (Å²) in [4.78, 5) is 11.0. The fourth-order valence-corrected chi connectivity index (χ4v) is 2.60. The Kier molecular flexibility index (Phi) is 3.86. The van der Waals surface area contributed by atoms with Crippen LogP contribution in [0.5, 0.6) is 0 Å². The number of nitrogens with two attached hydrogens (primary N) is 1. The normalized spacial score (nSPS) is 10.5. The molecule has 0 saturated heterocycles.